The molecule has 1 aromatic heterocycles. The van der Waals surface area contributed by atoms with Gasteiger partial charge in [-0.25, -0.2) is 4.79 Å². The number of aryl methyl sites for hydroxylation is 1. The predicted octanol–water partition coefficient (Wildman–Crippen LogP) is 1.23. The number of aromatic nitrogens is 2. The molecule has 5 nitrogen and oxygen atoms in total. The van der Waals surface area contributed by atoms with Crippen LogP contribution in [0.1, 0.15) is 28.5 Å². The lowest BCUT2D eigenvalue weighted by atomic mass is 10.1. The number of carboxylic acid groups (broad SMARTS) is 1. The van der Waals surface area contributed by atoms with Crippen molar-refractivity contribution in [3.8, 4) is 11.8 Å². The van der Waals surface area contributed by atoms with Crippen molar-refractivity contribution in [3.63, 3.8) is 0 Å². The van der Waals surface area contributed by atoms with Gasteiger partial charge < -0.3 is 10.4 Å². The van der Waals surface area contributed by atoms with E-state index in [2.05, 4.69) is 27.4 Å². The summed E-state index contributed by atoms with van der Waals surface area (Å²) in [7, 11) is 0. The van der Waals surface area contributed by atoms with Crippen molar-refractivity contribution >= 4 is 11.8 Å². The molecule has 0 amide bonds. The molecule has 2 N–H and O–H groups in total. The summed E-state index contributed by atoms with van der Waals surface area (Å²) in [6, 6.07) is 0. The Balaban J connectivity index is 3.11. The minimum Gasteiger partial charge on any atom is -0.478 e. The number of rotatable bonds is 3. The number of nitrogens with one attached hydrogen (secondary N) is 1. The second-order valence-electron chi connectivity index (χ2n) is 3.22. The first-order valence-corrected chi connectivity index (χ1v) is 4.78. The predicted molar refractivity (Wildman–Crippen MR) is 60.4 cm³/mol. The molecule has 0 radical (unpaired) electrons. The zero-order chi connectivity index (χ0) is 12.1. The SMILES string of the molecule is CC#CCNc1nnc(C)c(C)c1C(=O)O. The third-order valence-corrected chi connectivity index (χ3v) is 2.19. The average Bonchev–Trinajstić information content (AvgIpc) is 2.23. The number of hydrogen-bond donors (Lipinski definition) is 2. The second kappa shape index (κ2) is 5.12. The van der Waals surface area contributed by atoms with Gasteiger partial charge in [-0.05, 0) is 26.3 Å². The highest BCUT2D eigenvalue weighted by Crippen LogP contribution is 2.17. The molecule has 1 aromatic rings. The summed E-state index contributed by atoms with van der Waals surface area (Å²) < 4.78 is 0. The number of carbonyl (C=O) groups is 1. The van der Waals surface area contributed by atoms with E-state index >= 15 is 0 Å². The zero-order valence-corrected chi connectivity index (χ0v) is 9.46. The highest BCUT2D eigenvalue weighted by molar-refractivity contribution is 5.94. The standard InChI is InChI=1S/C11H13N3O2/c1-4-5-6-12-10-9(11(15)16)7(2)8(3)13-14-10/h6H2,1-3H3,(H,12,14)(H,15,16). The molecule has 16 heavy (non-hydrogen) atoms. The maximum Gasteiger partial charge on any atom is 0.339 e. The summed E-state index contributed by atoms with van der Waals surface area (Å²) in [5.74, 6) is 4.73. The quantitative estimate of drug-likeness (QED) is 0.748. The van der Waals surface area contributed by atoms with E-state index in [-0.39, 0.29) is 11.4 Å². The van der Waals surface area contributed by atoms with Gasteiger partial charge in [-0.15, -0.1) is 11.0 Å². The van der Waals surface area contributed by atoms with Gasteiger partial charge in [0, 0.05) is 0 Å². The van der Waals surface area contributed by atoms with E-state index in [9.17, 15) is 4.79 Å². The Morgan fingerprint density at radius 2 is 2.12 bits per heavy atom. The van der Waals surface area contributed by atoms with Crippen LogP contribution in [0.2, 0.25) is 0 Å². The van der Waals surface area contributed by atoms with Crippen LogP contribution in [0.5, 0.6) is 0 Å². The van der Waals surface area contributed by atoms with E-state index in [1.807, 2.05) is 0 Å². The molecule has 1 heterocycles. The third-order valence-electron chi connectivity index (χ3n) is 2.19. The lowest BCUT2D eigenvalue weighted by Crippen LogP contribution is -2.13. The third kappa shape index (κ3) is 2.48. The van der Waals surface area contributed by atoms with E-state index in [1.165, 1.54) is 0 Å². The molecule has 84 valence electrons. The van der Waals surface area contributed by atoms with Crippen LogP contribution in [0.3, 0.4) is 0 Å². The Kier molecular flexibility index (Phi) is 3.84. The van der Waals surface area contributed by atoms with E-state index < -0.39 is 5.97 Å². The summed E-state index contributed by atoms with van der Waals surface area (Å²) >= 11 is 0. The van der Waals surface area contributed by atoms with Crippen LogP contribution in [0.15, 0.2) is 0 Å². The number of nitrogens with zero attached hydrogens (tertiary/aromatic N) is 2. The first-order valence-electron chi connectivity index (χ1n) is 4.78. The van der Waals surface area contributed by atoms with Crippen molar-refractivity contribution in [2.45, 2.75) is 20.8 Å². The molecular weight excluding hydrogens is 206 g/mol. The van der Waals surface area contributed by atoms with Gasteiger partial charge in [0.25, 0.3) is 0 Å². The van der Waals surface area contributed by atoms with Gasteiger partial charge in [0.05, 0.1) is 12.2 Å². The number of hydrogen-bond acceptors (Lipinski definition) is 4. The fourth-order valence-corrected chi connectivity index (χ4v) is 1.21. The van der Waals surface area contributed by atoms with Crippen LogP contribution >= 0.6 is 0 Å². The second-order valence-corrected chi connectivity index (χ2v) is 3.22. The van der Waals surface area contributed by atoms with Gasteiger partial charge >= 0.3 is 5.97 Å². The largest absolute Gasteiger partial charge is 0.478 e. The highest BCUT2D eigenvalue weighted by Gasteiger charge is 2.16. The van der Waals surface area contributed by atoms with Crippen LogP contribution in [0.25, 0.3) is 0 Å². The number of carboxylic acids is 1. The molecule has 0 bridgehead atoms. The summed E-state index contributed by atoms with van der Waals surface area (Å²) in [5, 5.41) is 19.6. The Morgan fingerprint density at radius 3 is 2.69 bits per heavy atom. The fraction of sp³-hybridized carbons (Fsp3) is 0.364. The van der Waals surface area contributed by atoms with Gasteiger partial charge in [0.2, 0.25) is 0 Å². The molecule has 0 saturated heterocycles. The lowest BCUT2D eigenvalue weighted by Gasteiger charge is -2.09. The van der Waals surface area contributed by atoms with E-state index in [0.29, 0.717) is 17.8 Å². The molecule has 0 spiro atoms. The molecule has 0 atom stereocenters. The van der Waals surface area contributed by atoms with Gasteiger partial charge in [0.15, 0.2) is 5.82 Å². The van der Waals surface area contributed by atoms with Crippen molar-refractivity contribution in [1.29, 1.82) is 0 Å². The van der Waals surface area contributed by atoms with E-state index in [0.717, 1.165) is 0 Å². The van der Waals surface area contributed by atoms with Crippen LogP contribution < -0.4 is 5.32 Å². The molecule has 0 saturated carbocycles. The fourth-order valence-electron chi connectivity index (χ4n) is 1.21. The lowest BCUT2D eigenvalue weighted by molar-refractivity contribution is 0.0696. The van der Waals surface area contributed by atoms with E-state index in [4.69, 9.17) is 5.11 Å². The zero-order valence-electron chi connectivity index (χ0n) is 9.46. The molecular formula is C11H13N3O2. The first kappa shape index (κ1) is 12.0. The number of aromatic carboxylic acids is 1. The first-order chi connectivity index (χ1) is 7.57. The topological polar surface area (TPSA) is 75.1 Å². The molecule has 5 heteroatoms. The van der Waals surface area contributed by atoms with Gasteiger partial charge in [0.1, 0.15) is 5.56 Å². The Hall–Kier alpha value is -2.09. The van der Waals surface area contributed by atoms with Crippen LogP contribution in [0, 0.1) is 25.7 Å². The van der Waals surface area contributed by atoms with Gasteiger partial charge in [-0.3, -0.25) is 0 Å². The molecule has 0 aliphatic rings. The maximum absolute atomic E-state index is 11.1. The molecule has 0 aliphatic heterocycles. The normalized spacial score (nSPS) is 9.19. The minimum atomic E-state index is -1.01. The smallest absolute Gasteiger partial charge is 0.339 e. The molecule has 0 aliphatic carbocycles. The van der Waals surface area contributed by atoms with Crippen molar-refractivity contribution < 1.29 is 9.90 Å². The summed E-state index contributed by atoms with van der Waals surface area (Å²) in [4.78, 5) is 11.1. The Morgan fingerprint density at radius 1 is 1.44 bits per heavy atom. The summed E-state index contributed by atoms with van der Waals surface area (Å²) in [6.07, 6.45) is 0. The maximum atomic E-state index is 11.1. The van der Waals surface area contributed by atoms with Gasteiger partial charge in [-0.1, -0.05) is 5.92 Å². The molecule has 0 unspecified atom stereocenters. The van der Waals surface area contributed by atoms with Crippen LogP contribution in [0.4, 0.5) is 5.82 Å². The average molecular weight is 219 g/mol. The van der Waals surface area contributed by atoms with Gasteiger partial charge in [-0.2, -0.15) is 5.10 Å². The molecule has 0 fully saturated rings. The van der Waals surface area contributed by atoms with E-state index in [1.54, 1.807) is 20.8 Å². The van der Waals surface area contributed by atoms with Crippen molar-refractivity contribution in [1.82, 2.24) is 10.2 Å². The highest BCUT2D eigenvalue weighted by atomic mass is 16.4. The molecule has 0 aromatic carbocycles. The van der Waals surface area contributed by atoms with Crippen LogP contribution in [-0.4, -0.2) is 27.8 Å². The minimum absolute atomic E-state index is 0.158. The Labute approximate surface area is 93.9 Å². The monoisotopic (exact) mass is 219 g/mol. The Bertz CT molecular complexity index is 472. The summed E-state index contributed by atoms with van der Waals surface area (Å²) in [5.41, 5.74) is 1.39. The molecule has 1 rings (SSSR count). The van der Waals surface area contributed by atoms with Crippen LogP contribution in [-0.2, 0) is 0 Å². The van der Waals surface area contributed by atoms with Crippen molar-refractivity contribution in [3.05, 3.63) is 16.8 Å². The number of anilines is 1. The summed E-state index contributed by atoms with van der Waals surface area (Å²) in [6.45, 7) is 5.51. The van der Waals surface area contributed by atoms with Crippen molar-refractivity contribution in [2.24, 2.45) is 0 Å². The van der Waals surface area contributed by atoms with Crippen molar-refractivity contribution in [2.75, 3.05) is 11.9 Å².